The Labute approximate surface area is 167 Å². The second-order valence-corrected chi connectivity index (χ2v) is 9.85. The highest BCUT2D eigenvalue weighted by Gasteiger charge is 2.30. The van der Waals surface area contributed by atoms with Gasteiger partial charge in [-0.15, -0.1) is 0 Å². The van der Waals surface area contributed by atoms with Gasteiger partial charge in [-0.25, -0.2) is 8.42 Å². The lowest BCUT2D eigenvalue weighted by atomic mass is 9.92. The highest BCUT2D eigenvalue weighted by Crippen LogP contribution is 2.30. The molecule has 6 heteroatoms. The first-order chi connectivity index (χ1) is 13.1. The third kappa shape index (κ3) is 4.44. The van der Waals surface area contributed by atoms with E-state index in [1.807, 2.05) is 83.1 Å². The maximum atomic E-state index is 13.2. The van der Waals surface area contributed by atoms with Crippen molar-refractivity contribution < 1.29 is 8.42 Å². The van der Waals surface area contributed by atoms with Crippen LogP contribution in [0.4, 0.5) is 5.69 Å². The average molecular weight is 398 g/mol. The van der Waals surface area contributed by atoms with E-state index >= 15 is 0 Å². The Bertz CT molecular complexity index is 1080. The van der Waals surface area contributed by atoms with Crippen LogP contribution in [0.2, 0.25) is 0 Å². The summed E-state index contributed by atoms with van der Waals surface area (Å²) in [6.45, 7) is 10.3. The zero-order valence-electron chi connectivity index (χ0n) is 17.0. The van der Waals surface area contributed by atoms with Crippen molar-refractivity contribution in [3.8, 4) is 0 Å². The molecule has 0 aliphatic heterocycles. The molecule has 1 heterocycles. The van der Waals surface area contributed by atoms with Crippen LogP contribution in [0, 0.1) is 13.8 Å². The molecule has 0 fully saturated rings. The van der Waals surface area contributed by atoms with E-state index in [-0.39, 0.29) is 4.90 Å². The van der Waals surface area contributed by atoms with Gasteiger partial charge in [0.1, 0.15) is 4.90 Å². The molecule has 0 aliphatic rings. The van der Waals surface area contributed by atoms with Gasteiger partial charge in [-0.05, 0) is 36.6 Å². The van der Waals surface area contributed by atoms with Gasteiger partial charge in [-0.2, -0.15) is 5.10 Å². The number of anilines is 1. The molecule has 1 aromatic heterocycles. The Hall–Kier alpha value is -2.60. The summed E-state index contributed by atoms with van der Waals surface area (Å²) in [5.41, 5.74) is 3.68. The smallest absolute Gasteiger partial charge is 0.265 e. The second-order valence-electron chi connectivity index (χ2n) is 8.20. The highest BCUT2D eigenvalue weighted by molar-refractivity contribution is 7.92. The van der Waals surface area contributed by atoms with Crippen LogP contribution in [0.15, 0.2) is 59.6 Å². The summed E-state index contributed by atoms with van der Waals surface area (Å²) in [5.74, 6) is 0. The van der Waals surface area contributed by atoms with Gasteiger partial charge in [-0.3, -0.25) is 9.40 Å². The Morgan fingerprint density at radius 2 is 1.71 bits per heavy atom. The van der Waals surface area contributed by atoms with Gasteiger partial charge in [0.2, 0.25) is 0 Å². The standard InChI is InChI=1S/C22H27N3O2S/c1-16-11-12-17(2)19(13-16)24-28(26,27)20-15-25(23-21(20)22(3,4)5)14-18-9-7-6-8-10-18/h6-13,15,24H,14H2,1-5H3. The molecule has 0 spiro atoms. The largest absolute Gasteiger partial charge is 0.279 e. The quantitative estimate of drug-likeness (QED) is 0.682. The van der Waals surface area contributed by atoms with Crippen molar-refractivity contribution in [2.45, 2.75) is 51.5 Å². The fourth-order valence-corrected chi connectivity index (χ4v) is 4.50. The monoisotopic (exact) mass is 397 g/mol. The van der Waals surface area contributed by atoms with Gasteiger partial charge in [0.25, 0.3) is 10.0 Å². The van der Waals surface area contributed by atoms with E-state index in [1.165, 1.54) is 0 Å². The van der Waals surface area contributed by atoms with Crippen molar-refractivity contribution in [3.63, 3.8) is 0 Å². The van der Waals surface area contributed by atoms with Crippen molar-refractivity contribution in [1.29, 1.82) is 0 Å². The van der Waals surface area contributed by atoms with Gasteiger partial charge >= 0.3 is 0 Å². The third-order valence-electron chi connectivity index (χ3n) is 4.55. The normalized spacial score (nSPS) is 12.2. The summed E-state index contributed by atoms with van der Waals surface area (Å²) in [6, 6.07) is 15.6. The van der Waals surface area contributed by atoms with Gasteiger partial charge in [-0.1, -0.05) is 63.2 Å². The number of hydrogen-bond donors (Lipinski definition) is 1. The molecule has 5 nitrogen and oxygen atoms in total. The number of rotatable bonds is 5. The minimum atomic E-state index is -3.77. The van der Waals surface area contributed by atoms with E-state index in [0.29, 0.717) is 17.9 Å². The van der Waals surface area contributed by atoms with Crippen LogP contribution < -0.4 is 4.72 Å². The molecule has 0 saturated carbocycles. The third-order valence-corrected chi connectivity index (χ3v) is 5.92. The van der Waals surface area contributed by atoms with E-state index in [1.54, 1.807) is 10.9 Å². The number of aryl methyl sites for hydroxylation is 2. The summed E-state index contributed by atoms with van der Waals surface area (Å²) in [5, 5.41) is 4.62. The molecule has 0 atom stereocenters. The first-order valence-corrected chi connectivity index (χ1v) is 10.8. The Kier molecular flexibility index (Phi) is 5.35. The van der Waals surface area contributed by atoms with Gasteiger partial charge < -0.3 is 0 Å². The number of benzene rings is 2. The fourth-order valence-electron chi connectivity index (χ4n) is 3.02. The minimum Gasteiger partial charge on any atom is -0.279 e. The molecule has 148 valence electrons. The molecule has 0 unspecified atom stereocenters. The number of aromatic nitrogens is 2. The summed E-state index contributed by atoms with van der Waals surface area (Å²) in [7, 11) is -3.77. The molecular formula is C22H27N3O2S. The average Bonchev–Trinajstić information content (AvgIpc) is 3.04. The van der Waals surface area contributed by atoms with Crippen molar-refractivity contribution >= 4 is 15.7 Å². The summed E-state index contributed by atoms with van der Waals surface area (Å²) in [6.07, 6.45) is 1.63. The maximum absolute atomic E-state index is 13.2. The van der Waals surface area contributed by atoms with Crippen molar-refractivity contribution in [2.75, 3.05) is 4.72 Å². The van der Waals surface area contributed by atoms with Crippen molar-refractivity contribution in [2.24, 2.45) is 0 Å². The Balaban J connectivity index is 2.02. The van der Waals surface area contributed by atoms with Crippen molar-refractivity contribution in [1.82, 2.24) is 9.78 Å². The van der Waals surface area contributed by atoms with Crippen LogP contribution in [0.3, 0.4) is 0 Å². The zero-order chi connectivity index (χ0) is 20.5. The summed E-state index contributed by atoms with van der Waals surface area (Å²) in [4.78, 5) is 0.219. The van der Waals surface area contributed by atoms with E-state index in [0.717, 1.165) is 16.7 Å². The molecule has 28 heavy (non-hydrogen) atoms. The minimum absolute atomic E-state index is 0.219. The first kappa shape index (κ1) is 20.1. The lowest BCUT2D eigenvalue weighted by molar-refractivity contribution is 0.533. The van der Waals surface area contributed by atoms with Crippen LogP contribution in [-0.4, -0.2) is 18.2 Å². The summed E-state index contributed by atoms with van der Waals surface area (Å²) < 4.78 is 30.9. The van der Waals surface area contributed by atoms with Gasteiger partial charge in [0.15, 0.2) is 0 Å². The SMILES string of the molecule is Cc1ccc(C)c(NS(=O)(=O)c2cn(Cc3ccccc3)nc2C(C)(C)C)c1. The molecule has 0 saturated heterocycles. The molecule has 2 aromatic carbocycles. The zero-order valence-corrected chi connectivity index (χ0v) is 17.8. The second kappa shape index (κ2) is 7.43. The van der Waals surface area contributed by atoms with Crippen LogP contribution in [0.5, 0.6) is 0 Å². The maximum Gasteiger partial charge on any atom is 0.265 e. The van der Waals surface area contributed by atoms with Crippen LogP contribution in [0.1, 0.15) is 43.2 Å². The molecular weight excluding hydrogens is 370 g/mol. The molecule has 0 bridgehead atoms. The van der Waals surface area contributed by atoms with Crippen molar-refractivity contribution in [3.05, 3.63) is 77.1 Å². The van der Waals surface area contributed by atoms with Crippen LogP contribution in [-0.2, 0) is 22.0 Å². The molecule has 0 radical (unpaired) electrons. The van der Waals surface area contributed by atoms with E-state index < -0.39 is 15.4 Å². The first-order valence-electron chi connectivity index (χ1n) is 9.28. The van der Waals surface area contributed by atoms with E-state index in [4.69, 9.17) is 0 Å². The topological polar surface area (TPSA) is 64.0 Å². The lowest BCUT2D eigenvalue weighted by Crippen LogP contribution is -2.20. The van der Waals surface area contributed by atoms with E-state index in [9.17, 15) is 8.42 Å². The number of nitrogens with one attached hydrogen (secondary N) is 1. The van der Waals surface area contributed by atoms with Gasteiger partial charge in [0.05, 0.1) is 17.9 Å². The predicted molar refractivity (Wildman–Crippen MR) is 113 cm³/mol. The number of hydrogen-bond acceptors (Lipinski definition) is 3. The molecule has 3 rings (SSSR count). The molecule has 3 aromatic rings. The van der Waals surface area contributed by atoms with Crippen LogP contribution in [0.25, 0.3) is 0 Å². The van der Waals surface area contributed by atoms with Gasteiger partial charge in [0, 0.05) is 11.6 Å². The Morgan fingerprint density at radius 3 is 2.36 bits per heavy atom. The molecule has 0 aliphatic carbocycles. The fraction of sp³-hybridized carbons (Fsp3) is 0.318. The Morgan fingerprint density at radius 1 is 1.04 bits per heavy atom. The van der Waals surface area contributed by atoms with E-state index in [2.05, 4.69) is 9.82 Å². The summed E-state index contributed by atoms with van der Waals surface area (Å²) >= 11 is 0. The highest BCUT2D eigenvalue weighted by atomic mass is 32.2. The molecule has 1 N–H and O–H groups in total. The lowest BCUT2D eigenvalue weighted by Gasteiger charge is -2.18. The number of sulfonamides is 1. The molecule has 0 amide bonds. The van der Waals surface area contributed by atoms with Crippen LogP contribution >= 0.6 is 0 Å². The number of nitrogens with zero attached hydrogens (tertiary/aromatic N) is 2. The predicted octanol–water partition coefficient (Wildman–Crippen LogP) is 4.65.